The highest BCUT2D eigenvalue weighted by Gasteiger charge is 2.07. The highest BCUT2D eigenvalue weighted by Crippen LogP contribution is 2.32. The van der Waals surface area contributed by atoms with E-state index in [1.165, 1.54) is 0 Å². The fourth-order valence-electron chi connectivity index (χ4n) is 1.14. The lowest BCUT2D eigenvalue weighted by molar-refractivity contribution is 0.112. The van der Waals surface area contributed by atoms with Crippen molar-refractivity contribution in [3.8, 4) is 0 Å². The Labute approximate surface area is 108 Å². The maximum atomic E-state index is 10.5. The minimum atomic E-state index is 0.681. The zero-order chi connectivity index (χ0) is 12.3. The first-order valence-electron chi connectivity index (χ1n) is 4.93. The van der Waals surface area contributed by atoms with E-state index in [4.69, 9.17) is 0 Å². The number of hydrogen-bond acceptors (Lipinski definition) is 6. The molecule has 0 saturated heterocycles. The number of carbonyl (C=O) groups is 1. The van der Waals surface area contributed by atoms with Gasteiger partial charge in [-0.1, -0.05) is 35.2 Å². The molecule has 0 N–H and O–H groups in total. The highest BCUT2D eigenvalue weighted by atomic mass is 32.2. The van der Waals surface area contributed by atoms with Crippen molar-refractivity contribution in [2.45, 2.75) is 9.24 Å². The molecular formula is C11H11N3OS2. The maximum absolute atomic E-state index is 10.5. The average Bonchev–Trinajstić information content (AvgIpc) is 2.79. The van der Waals surface area contributed by atoms with E-state index in [1.807, 2.05) is 31.1 Å². The molecule has 0 saturated carbocycles. The third kappa shape index (κ3) is 3.04. The summed E-state index contributed by atoms with van der Waals surface area (Å²) in [6.45, 7) is 0. The molecule has 4 nitrogen and oxygen atoms in total. The van der Waals surface area contributed by atoms with Gasteiger partial charge < -0.3 is 4.90 Å². The van der Waals surface area contributed by atoms with Gasteiger partial charge in [-0.3, -0.25) is 4.79 Å². The van der Waals surface area contributed by atoms with Gasteiger partial charge in [-0.05, 0) is 12.1 Å². The number of benzene rings is 1. The van der Waals surface area contributed by atoms with E-state index in [0.29, 0.717) is 5.56 Å². The normalized spacial score (nSPS) is 10.2. The van der Waals surface area contributed by atoms with Crippen LogP contribution >= 0.6 is 23.1 Å². The molecule has 1 aromatic heterocycles. The molecule has 0 aliphatic carbocycles. The van der Waals surface area contributed by atoms with Gasteiger partial charge in [0.1, 0.15) is 6.29 Å². The summed E-state index contributed by atoms with van der Waals surface area (Å²) >= 11 is 3.09. The Balaban J connectivity index is 2.10. The number of aromatic nitrogens is 2. The summed E-state index contributed by atoms with van der Waals surface area (Å²) in [6, 6.07) is 7.41. The Morgan fingerprint density at radius 2 is 1.94 bits per heavy atom. The fraction of sp³-hybridized carbons (Fsp3) is 0.182. The Bertz CT molecular complexity index is 508. The van der Waals surface area contributed by atoms with Crippen LogP contribution in [0.25, 0.3) is 0 Å². The molecule has 17 heavy (non-hydrogen) atoms. The van der Waals surface area contributed by atoms with E-state index in [2.05, 4.69) is 10.2 Å². The van der Waals surface area contributed by atoms with Crippen LogP contribution in [0, 0.1) is 0 Å². The molecule has 0 unspecified atom stereocenters. The molecular weight excluding hydrogens is 254 g/mol. The summed E-state index contributed by atoms with van der Waals surface area (Å²) in [7, 11) is 3.88. The summed E-state index contributed by atoms with van der Waals surface area (Å²) in [5.41, 5.74) is 0.681. The zero-order valence-electron chi connectivity index (χ0n) is 9.45. The smallest absolute Gasteiger partial charge is 0.208 e. The molecule has 6 heteroatoms. The molecule has 0 fully saturated rings. The summed E-state index contributed by atoms with van der Waals surface area (Å²) in [5.74, 6) is 0. The summed E-state index contributed by atoms with van der Waals surface area (Å²) in [5, 5.41) is 9.04. The Hall–Kier alpha value is -1.40. The Morgan fingerprint density at radius 1 is 1.24 bits per heavy atom. The van der Waals surface area contributed by atoms with Gasteiger partial charge in [-0.2, -0.15) is 0 Å². The van der Waals surface area contributed by atoms with Crippen molar-refractivity contribution in [3.63, 3.8) is 0 Å². The van der Waals surface area contributed by atoms with Crippen molar-refractivity contribution >= 4 is 34.5 Å². The van der Waals surface area contributed by atoms with Crippen molar-refractivity contribution < 1.29 is 4.79 Å². The Morgan fingerprint density at radius 3 is 2.47 bits per heavy atom. The van der Waals surface area contributed by atoms with Gasteiger partial charge in [0, 0.05) is 24.6 Å². The highest BCUT2D eigenvalue weighted by molar-refractivity contribution is 8.01. The second-order valence-corrected chi connectivity index (χ2v) is 5.81. The molecule has 2 aromatic rings. The van der Waals surface area contributed by atoms with E-state index in [0.717, 1.165) is 20.7 Å². The van der Waals surface area contributed by atoms with Gasteiger partial charge in [-0.15, -0.1) is 10.2 Å². The largest absolute Gasteiger partial charge is 0.353 e. The van der Waals surface area contributed by atoms with E-state index < -0.39 is 0 Å². The van der Waals surface area contributed by atoms with Crippen LogP contribution in [0.5, 0.6) is 0 Å². The SMILES string of the molecule is CN(C)c1nnc(Sc2ccc(C=O)cc2)s1. The maximum Gasteiger partial charge on any atom is 0.208 e. The molecule has 0 spiro atoms. The topological polar surface area (TPSA) is 46.1 Å². The van der Waals surface area contributed by atoms with Crippen molar-refractivity contribution in [2.24, 2.45) is 0 Å². The first kappa shape index (κ1) is 12.1. The number of hydrogen-bond donors (Lipinski definition) is 0. The Kier molecular flexibility index (Phi) is 3.75. The second kappa shape index (κ2) is 5.29. The van der Waals surface area contributed by atoms with Crippen LogP contribution in [0.2, 0.25) is 0 Å². The van der Waals surface area contributed by atoms with Crippen LogP contribution in [-0.4, -0.2) is 30.6 Å². The van der Waals surface area contributed by atoms with E-state index >= 15 is 0 Å². The third-order valence-electron chi connectivity index (χ3n) is 2.00. The summed E-state index contributed by atoms with van der Waals surface area (Å²) in [4.78, 5) is 13.5. The number of rotatable bonds is 4. The van der Waals surface area contributed by atoms with Gasteiger partial charge in [-0.25, -0.2) is 0 Å². The van der Waals surface area contributed by atoms with E-state index in [1.54, 1.807) is 35.2 Å². The molecule has 0 aliphatic heterocycles. The minimum absolute atomic E-state index is 0.681. The second-order valence-electron chi connectivity index (χ2n) is 3.53. The average molecular weight is 265 g/mol. The molecule has 1 aromatic carbocycles. The van der Waals surface area contributed by atoms with Crippen LogP contribution in [0.15, 0.2) is 33.5 Å². The van der Waals surface area contributed by atoms with Gasteiger partial charge in [0.05, 0.1) is 0 Å². The first-order valence-corrected chi connectivity index (χ1v) is 6.56. The standard InChI is InChI=1S/C11H11N3OS2/c1-14(2)10-12-13-11(17-10)16-9-5-3-8(7-15)4-6-9/h3-7H,1-2H3. The van der Waals surface area contributed by atoms with Crippen LogP contribution < -0.4 is 4.90 Å². The molecule has 2 rings (SSSR count). The third-order valence-corrected chi connectivity index (χ3v) is 4.15. The summed E-state index contributed by atoms with van der Waals surface area (Å²) < 4.78 is 0.896. The lowest BCUT2D eigenvalue weighted by Gasteiger charge is -2.03. The molecule has 88 valence electrons. The molecule has 0 radical (unpaired) electrons. The van der Waals surface area contributed by atoms with Crippen LogP contribution in [0.4, 0.5) is 5.13 Å². The van der Waals surface area contributed by atoms with Gasteiger partial charge in [0.25, 0.3) is 0 Å². The van der Waals surface area contributed by atoms with Crippen LogP contribution in [0.1, 0.15) is 10.4 Å². The molecule has 0 amide bonds. The number of carbonyl (C=O) groups excluding carboxylic acids is 1. The van der Waals surface area contributed by atoms with E-state index in [9.17, 15) is 4.79 Å². The quantitative estimate of drug-likeness (QED) is 0.795. The molecule has 0 aliphatic rings. The van der Waals surface area contributed by atoms with Gasteiger partial charge in [0.2, 0.25) is 5.13 Å². The molecule has 0 atom stereocenters. The van der Waals surface area contributed by atoms with Crippen molar-refractivity contribution in [2.75, 3.05) is 19.0 Å². The predicted octanol–water partition coefficient (Wildman–Crippen LogP) is 2.57. The number of aldehydes is 1. The lowest BCUT2D eigenvalue weighted by atomic mass is 10.2. The van der Waals surface area contributed by atoms with Crippen molar-refractivity contribution in [1.29, 1.82) is 0 Å². The number of anilines is 1. The predicted molar refractivity (Wildman–Crippen MR) is 70.2 cm³/mol. The van der Waals surface area contributed by atoms with Gasteiger partial charge >= 0.3 is 0 Å². The van der Waals surface area contributed by atoms with Crippen molar-refractivity contribution in [1.82, 2.24) is 10.2 Å². The first-order chi connectivity index (χ1) is 8.19. The lowest BCUT2D eigenvalue weighted by Crippen LogP contribution is -2.07. The molecule has 0 bridgehead atoms. The van der Waals surface area contributed by atoms with Crippen LogP contribution in [-0.2, 0) is 0 Å². The van der Waals surface area contributed by atoms with Crippen LogP contribution in [0.3, 0.4) is 0 Å². The molecule has 1 heterocycles. The van der Waals surface area contributed by atoms with E-state index in [-0.39, 0.29) is 0 Å². The monoisotopic (exact) mass is 265 g/mol. The minimum Gasteiger partial charge on any atom is -0.353 e. The van der Waals surface area contributed by atoms with Crippen molar-refractivity contribution in [3.05, 3.63) is 29.8 Å². The fourth-order valence-corrected chi connectivity index (χ4v) is 2.88. The zero-order valence-corrected chi connectivity index (χ0v) is 11.1. The number of nitrogens with zero attached hydrogens (tertiary/aromatic N) is 3. The van der Waals surface area contributed by atoms with Gasteiger partial charge in [0.15, 0.2) is 4.34 Å². The summed E-state index contributed by atoms with van der Waals surface area (Å²) in [6.07, 6.45) is 0.837.